The topological polar surface area (TPSA) is 54.5 Å². The van der Waals surface area contributed by atoms with Crippen molar-refractivity contribution in [3.8, 4) is 5.75 Å². The summed E-state index contributed by atoms with van der Waals surface area (Å²) in [5.41, 5.74) is 4.85. The molecule has 2 heterocycles. The van der Waals surface area contributed by atoms with Gasteiger partial charge in [-0.05, 0) is 51.3 Å². The average molecular weight is 452 g/mol. The number of carbonyl (C=O) groups is 1. The van der Waals surface area contributed by atoms with Crippen molar-refractivity contribution in [2.45, 2.75) is 19.5 Å². The van der Waals surface area contributed by atoms with Gasteiger partial charge in [-0.1, -0.05) is 30.3 Å². The fourth-order valence-electron chi connectivity index (χ4n) is 3.54. The van der Waals surface area contributed by atoms with Gasteiger partial charge in [0.15, 0.2) is 0 Å². The standard InChI is InChI=1S/C23H22BrN3O2/c1-29-22-8-7-17(12-20(22)24)23(28)26-19-11-18-15-27(10-9-21(18)25-13-19)14-16-5-3-2-4-6-16/h2-8,11-13H,9-10,14-15H2,1H3,(H,26,28). The number of aromatic nitrogens is 1. The summed E-state index contributed by atoms with van der Waals surface area (Å²) in [5.74, 6) is 0.516. The first kappa shape index (κ1) is 19.6. The molecule has 1 amide bonds. The summed E-state index contributed by atoms with van der Waals surface area (Å²) in [6.45, 7) is 2.73. The van der Waals surface area contributed by atoms with Crippen LogP contribution >= 0.6 is 15.9 Å². The highest BCUT2D eigenvalue weighted by Gasteiger charge is 2.18. The summed E-state index contributed by atoms with van der Waals surface area (Å²) < 4.78 is 5.96. The number of amides is 1. The Kier molecular flexibility index (Phi) is 5.92. The Labute approximate surface area is 178 Å². The molecule has 0 spiro atoms. The third kappa shape index (κ3) is 4.66. The molecule has 0 aliphatic carbocycles. The van der Waals surface area contributed by atoms with Crippen molar-refractivity contribution in [1.82, 2.24) is 9.88 Å². The molecule has 1 aliphatic rings. The summed E-state index contributed by atoms with van der Waals surface area (Å²) in [4.78, 5) is 19.6. The Hall–Kier alpha value is -2.70. The smallest absolute Gasteiger partial charge is 0.255 e. The second-order valence-corrected chi connectivity index (χ2v) is 7.93. The highest BCUT2D eigenvalue weighted by Crippen LogP contribution is 2.26. The van der Waals surface area contributed by atoms with Gasteiger partial charge in [0.1, 0.15) is 5.75 Å². The predicted molar refractivity (Wildman–Crippen MR) is 117 cm³/mol. The zero-order valence-electron chi connectivity index (χ0n) is 16.2. The molecule has 1 aliphatic heterocycles. The number of anilines is 1. The van der Waals surface area contributed by atoms with Crippen molar-refractivity contribution in [2.24, 2.45) is 0 Å². The lowest BCUT2D eigenvalue weighted by Crippen LogP contribution is -2.30. The zero-order valence-corrected chi connectivity index (χ0v) is 17.8. The lowest BCUT2D eigenvalue weighted by atomic mass is 10.0. The molecule has 1 aromatic heterocycles. The molecule has 5 nitrogen and oxygen atoms in total. The molecule has 1 N–H and O–H groups in total. The van der Waals surface area contributed by atoms with E-state index < -0.39 is 0 Å². The van der Waals surface area contributed by atoms with E-state index in [2.05, 4.69) is 55.4 Å². The van der Waals surface area contributed by atoms with E-state index in [9.17, 15) is 4.79 Å². The molecule has 29 heavy (non-hydrogen) atoms. The van der Waals surface area contributed by atoms with Crippen molar-refractivity contribution in [1.29, 1.82) is 0 Å². The number of ether oxygens (including phenoxy) is 1. The third-order valence-corrected chi connectivity index (χ3v) is 5.66. The van der Waals surface area contributed by atoms with Gasteiger partial charge < -0.3 is 10.1 Å². The quantitative estimate of drug-likeness (QED) is 0.612. The minimum atomic E-state index is -0.174. The lowest BCUT2D eigenvalue weighted by Gasteiger charge is -2.28. The van der Waals surface area contributed by atoms with E-state index in [4.69, 9.17) is 4.74 Å². The summed E-state index contributed by atoms with van der Waals surface area (Å²) >= 11 is 3.42. The van der Waals surface area contributed by atoms with Gasteiger partial charge in [-0.3, -0.25) is 14.7 Å². The van der Waals surface area contributed by atoms with Crippen LogP contribution in [0.2, 0.25) is 0 Å². The fourth-order valence-corrected chi connectivity index (χ4v) is 4.08. The van der Waals surface area contributed by atoms with E-state index in [-0.39, 0.29) is 5.91 Å². The Morgan fingerprint density at radius 2 is 2.03 bits per heavy atom. The maximum Gasteiger partial charge on any atom is 0.255 e. The predicted octanol–water partition coefficient (Wildman–Crippen LogP) is 4.66. The van der Waals surface area contributed by atoms with Gasteiger partial charge in [-0.15, -0.1) is 0 Å². The Bertz CT molecular complexity index is 1020. The van der Waals surface area contributed by atoms with E-state index >= 15 is 0 Å². The molecule has 0 atom stereocenters. The second kappa shape index (κ2) is 8.76. The summed E-state index contributed by atoms with van der Waals surface area (Å²) in [5, 5.41) is 2.96. The number of hydrogen-bond donors (Lipinski definition) is 1. The zero-order chi connectivity index (χ0) is 20.2. The first-order chi connectivity index (χ1) is 14.1. The van der Waals surface area contributed by atoms with Gasteiger partial charge in [0.05, 0.1) is 23.5 Å². The van der Waals surface area contributed by atoms with E-state index in [1.54, 1.807) is 31.5 Å². The van der Waals surface area contributed by atoms with Gasteiger partial charge in [0, 0.05) is 37.3 Å². The molecule has 0 saturated heterocycles. The van der Waals surface area contributed by atoms with Crippen LogP contribution in [0.5, 0.6) is 5.75 Å². The summed E-state index contributed by atoms with van der Waals surface area (Å²) in [7, 11) is 1.60. The Morgan fingerprint density at radius 1 is 1.21 bits per heavy atom. The summed E-state index contributed by atoms with van der Waals surface area (Å²) in [6, 6.07) is 17.8. The van der Waals surface area contributed by atoms with E-state index in [1.807, 2.05) is 12.1 Å². The monoisotopic (exact) mass is 451 g/mol. The van der Waals surface area contributed by atoms with Crippen molar-refractivity contribution >= 4 is 27.5 Å². The van der Waals surface area contributed by atoms with Crippen molar-refractivity contribution in [2.75, 3.05) is 19.0 Å². The maximum atomic E-state index is 12.6. The fraction of sp³-hybridized carbons (Fsp3) is 0.217. The molecule has 0 bridgehead atoms. The molecule has 2 aromatic carbocycles. The highest BCUT2D eigenvalue weighted by molar-refractivity contribution is 9.10. The van der Waals surface area contributed by atoms with Crippen LogP contribution in [0, 0.1) is 0 Å². The molecule has 148 valence electrons. The molecule has 0 saturated carbocycles. The molecular weight excluding hydrogens is 430 g/mol. The first-order valence-corrected chi connectivity index (χ1v) is 10.3. The Morgan fingerprint density at radius 3 is 2.79 bits per heavy atom. The van der Waals surface area contributed by atoms with Crippen molar-refractivity contribution in [3.63, 3.8) is 0 Å². The van der Waals surface area contributed by atoms with Crippen LogP contribution in [0.3, 0.4) is 0 Å². The van der Waals surface area contributed by atoms with Crippen LogP contribution in [-0.2, 0) is 19.5 Å². The molecule has 3 aromatic rings. The minimum Gasteiger partial charge on any atom is -0.496 e. The first-order valence-electron chi connectivity index (χ1n) is 9.51. The van der Waals surface area contributed by atoms with Gasteiger partial charge in [-0.2, -0.15) is 0 Å². The number of benzene rings is 2. The van der Waals surface area contributed by atoms with E-state index in [1.165, 1.54) is 11.1 Å². The summed E-state index contributed by atoms with van der Waals surface area (Å²) in [6.07, 6.45) is 2.66. The van der Waals surface area contributed by atoms with Crippen LogP contribution < -0.4 is 10.1 Å². The maximum absolute atomic E-state index is 12.6. The number of hydrogen-bond acceptors (Lipinski definition) is 4. The molecular formula is C23H22BrN3O2. The van der Waals surface area contributed by atoms with Gasteiger partial charge >= 0.3 is 0 Å². The van der Waals surface area contributed by atoms with Gasteiger partial charge in [0.25, 0.3) is 5.91 Å². The third-order valence-electron chi connectivity index (χ3n) is 5.04. The molecule has 6 heteroatoms. The van der Waals surface area contributed by atoms with Crippen LogP contribution in [-0.4, -0.2) is 29.4 Å². The average Bonchev–Trinajstić information content (AvgIpc) is 2.74. The minimum absolute atomic E-state index is 0.174. The van der Waals surface area contributed by atoms with Gasteiger partial charge in [0.2, 0.25) is 0 Å². The number of pyridine rings is 1. The number of nitrogens with zero attached hydrogens (tertiary/aromatic N) is 2. The highest BCUT2D eigenvalue weighted by atomic mass is 79.9. The molecule has 0 unspecified atom stereocenters. The molecule has 4 rings (SSSR count). The molecule has 0 radical (unpaired) electrons. The molecule has 0 fully saturated rings. The lowest BCUT2D eigenvalue weighted by molar-refractivity contribution is 0.102. The van der Waals surface area contributed by atoms with Crippen LogP contribution in [0.25, 0.3) is 0 Å². The Balaban J connectivity index is 1.46. The van der Waals surface area contributed by atoms with Crippen molar-refractivity contribution < 1.29 is 9.53 Å². The number of fused-ring (bicyclic) bond motifs is 1. The second-order valence-electron chi connectivity index (χ2n) is 7.08. The SMILES string of the molecule is COc1ccc(C(=O)Nc2cnc3c(c2)CN(Cc2ccccc2)CC3)cc1Br. The van der Waals surface area contributed by atoms with E-state index in [0.717, 1.165) is 36.2 Å². The van der Waals surface area contributed by atoms with Crippen LogP contribution in [0.1, 0.15) is 27.2 Å². The number of methoxy groups -OCH3 is 1. The van der Waals surface area contributed by atoms with Crippen LogP contribution in [0.15, 0.2) is 65.3 Å². The van der Waals surface area contributed by atoms with Crippen molar-refractivity contribution in [3.05, 3.63) is 87.7 Å². The number of rotatable bonds is 5. The van der Waals surface area contributed by atoms with E-state index in [0.29, 0.717) is 17.0 Å². The van der Waals surface area contributed by atoms with Gasteiger partial charge in [-0.25, -0.2) is 0 Å². The number of halogens is 1. The van der Waals surface area contributed by atoms with Crippen LogP contribution in [0.4, 0.5) is 5.69 Å². The normalized spacial score (nSPS) is 13.6. The number of nitrogens with one attached hydrogen (secondary N) is 1. The number of carbonyl (C=O) groups excluding carboxylic acids is 1. The largest absolute Gasteiger partial charge is 0.496 e.